The van der Waals surface area contributed by atoms with Gasteiger partial charge >= 0.3 is 6.61 Å². The van der Waals surface area contributed by atoms with Crippen LogP contribution in [0.1, 0.15) is 5.56 Å². The Hall–Kier alpha value is -3.00. The van der Waals surface area contributed by atoms with Crippen LogP contribution in [0.2, 0.25) is 0 Å². The zero-order valence-electron chi connectivity index (χ0n) is 13.6. The predicted molar refractivity (Wildman–Crippen MR) is 97.3 cm³/mol. The molecule has 134 valence electrons. The average molecular weight is 376 g/mol. The molecule has 0 aliphatic carbocycles. The summed E-state index contributed by atoms with van der Waals surface area (Å²) in [6.45, 7) is -2.89. The molecule has 2 aromatic carbocycles. The molecule has 1 amide bonds. The summed E-state index contributed by atoms with van der Waals surface area (Å²) in [5, 5.41) is 3.09. The van der Waals surface area contributed by atoms with E-state index in [0.29, 0.717) is 17.0 Å². The first-order chi connectivity index (χ1) is 12.5. The highest BCUT2D eigenvalue weighted by molar-refractivity contribution is 7.80. The smallest absolute Gasteiger partial charge is 0.387 e. The van der Waals surface area contributed by atoms with Gasteiger partial charge in [-0.1, -0.05) is 24.3 Å². The second kappa shape index (κ2) is 7.49. The lowest BCUT2D eigenvalue weighted by Crippen LogP contribution is -2.30. The molecule has 0 aromatic heterocycles. The Morgan fingerprint density at radius 3 is 2.50 bits per heavy atom. The lowest BCUT2D eigenvalue weighted by Gasteiger charge is -2.17. The van der Waals surface area contributed by atoms with Crippen molar-refractivity contribution in [3.05, 3.63) is 59.8 Å². The van der Waals surface area contributed by atoms with Crippen molar-refractivity contribution in [1.82, 2.24) is 5.32 Å². The van der Waals surface area contributed by atoms with Crippen molar-refractivity contribution >= 4 is 35.0 Å². The summed E-state index contributed by atoms with van der Waals surface area (Å²) in [7, 11) is 1.51. The van der Waals surface area contributed by atoms with Gasteiger partial charge in [-0.05, 0) is 48.1 Å². The van der Waals surface area contributed by atoms with E-state index >= 15 is 0 Å². The third kappa shape index (κ3) is 3.65. The number of nitrogens with zero attached hydrogens (tertiary/aromatic N) is 1. The number of anilines is 1. The number of methoxy groups -OCH3 is 1. The molecule has 0 atom stereocenters. The van der Waals surface area contributed by atoms with Crippen LogP contribution in [0.15, 0.2) is 54.2 Å². The summed E-state index contributed by atoms with van der Waals surface area (Å²) in [6, 6.07) is 12.9. The van der Waals surface area contributed by atoms with Gasteiger partial charge in [0.2, 0.25) is 0 Å². The van der Waals surface area contributed by atoms with E-state index < -0.39 is 6.61 Å². The van der Waals surface area contributed by atoms with Gasteiger partial charge in [-0.2, -0.15) is 8.78 Å². The number of hydrogen-bond donors (Lipinski definition) is 1. The first-order valence-electron chi connectivity index (χ1n) is 7.54. The van der Waals surface area contributed by atoms with E-state index in [1.165, 1.54) is 24.1 Å². The third-order valence-corrected chi connectivity index (χ3v) is 3.91. The Morgan fingerprint density at radius 1 is 1.15 bits per heavy atom. The van der Waals surface area contributed by atoms with Crippen LogP contribution in [-0.2, 0) is 4.79 Å². The van der Waals surface area contributed by atoms with E-state index in [-0.39, 0.29) is 22.5 Å². The minimum absolute atomic E-state index is 0.0408. The minimum atomic E-state index is -2.89. The van der Waals surface area contributed by atoms with Gasteiger partial charge in [0.05, 0.1) is 12.8 Å². The number of thiocarbonyl (C=S) groups is 1. The second-order valence-electron chi connectivity index (χ2n) is 5.25. The molecule has 0 radical (unpaired) electrons. The molecule has 3 rings (SSSR count). The number of halogens is 2. The fraction of sp³-hybridized carbons (Fsp3) is 0.111. The van der Waals surface area contributed by atoms with Crippen LogP contribution in [0, 0.1) is 0 Å². The van der Waals surface area contributed by atoms with Crippen molar-refractivity contribution in [2.24, 2.45) is 0 Å². The summed E-state index contributed by atoms with van der Waals surface area (Å²) < 4.78 is 34.0. The third-order valence-electron chi connectivity index (χ3n) is 3.62. The van der Waals surface area contributed by atoms with Gasteiger partial charge in [-0.25, -0.2) is 4.90 Å². The first-order valence-corrected chi connectivity index (χ1v) is 7.95. The molecule has 8 heteroatoms. The summed E-state index contributed by atoms with van der Waals surface area (Å²) >= 11 is 5.26. The number of nitrogens with one attached hydrogen (secondary N) is 1. The van der Waals surface area contributed by atoms with Gasteiger partial charge < -0.3 is 14.8 Å². The largest absolute Gasteiger partial charge is 0.495 e. The van der Waals surface area contributed by atoms with Crippen LogP contribution in [0.25, 0.3) is 6.08 Å². The first kappa shape index (κ1) is 17.8. The molecular weight excluding hydrogens is 362 g/mol. The highest BCUT2D eigenvalue weighted by atomic mass is 32.1. The Labute approximate surface area is 153 Å². The molecule has 1 heterocycles. The molecule has 1 N–H and O–H groups in total. The van der Waals surface area contributed by atoms with E-state index in [9.17, 15) is 13.6 Å². The molecule has 1 aliphatic heterocycles. The van der Waals surface area contributed by atoms with E-state index in [1.807, 2.05) is 0 Å². The summed E-state index contributed by atoms with van der Waals surface area (Å²) in [5.74, 6) is 0.214. The number of para-hydroxylation sites is 2. The highest BCUT2D eigenvalue weighted by Crippen LogP contribution is 2.31. The normalized spacial score (nSPS) is 15.5. The Morgan fingerprint density at radius 2 is 1.85 bits per heavy atom. The molecule has 1 saturated heterocycles. The number of carbonyl (C=O) groups is 1. The SMILES string of the molecule is COc1ccccc1N1C(=O)/C(=C\c2ccc(OC(F)F)cc2)NC1=S. The summed E-state index contributed by atoms with van der Waals surface area (Å²) in [4.78, 5) is 14.1. The van der Waals surface area contributed by atoms with E-state index in [1.54, 1.807) is 42.5 Å². The van der Waals surface area contributed by atoms with Gasteiger partial charge in [0.25, 0.3) is 5.91 Å². The van der Waals surface area contributed by atoms with Crippen LogP contribution in [0.5, 0.6) is 11.5 Å². The zero-order chi connectivity index (χ0) is 18.7. The number of rotatable bonds is 5. The van der Waals surface area contributed by atoms with Crippen LogP contribution >= 0.6 is 12.2 Å². The summed E-state index contributed by atoms with van der Waals surface area (Å²) in [6.07, 6.45) is 1.58. The fourth-order valence-electron chi connectivity index (χ4n) is 2.48. The van der Waals surface area contributed by atoms with Crippen molar-refractivity contribution < 1.29 is 23.0 Å². The van der Waals surface area contributed by atoms with Gasteiger partial charge in [-0.15, -0.1) is 0 Å². The van der Waals surface area contributed by atoms with E-state index in [0.717, 1.165) is 0 Å². The van der Waals surface area contributed by atoms with Crippen LogP contribution in [-0.4, -0.2) is 24.7 Å². The van der Waals surface area contributed by atoms with Crippen molar-refractivity contribution in [2.45, 2.75) is 6.61 Å². The van der Waals surface area contributed by atoms with Crippen LogP contribution < -0.4 is 19.7 Å². The molecule has 0 bridgehead atoms. The summed E-state index contributed by atoms with van der Waals surface area (Å²) in [5.41, 5.74) is 1.43. The van der Waals surface area contributed by atoms with Crippen molar-refractivity contribution in [3.63, 3.8) is 0 Å². The highest BCUT2D eigenvalue weighted by Gasteiger charge is 2.33. The van der Waals surface area contributed by atoms with Gasteiger partial charge in [0, 0.05) is 0 Å². The van der Waals surface area contributed by atoms with Crippen molar-refractivity contribution in [2.75, 3.05) is 12.0 Å². The number of benzene rings is 2. The molecule has 0 spiro atoms. The fourth-order valence-corrected chi connectivity index (χ4v) is 2.77. The lowest BCUT2D eigenvalue weighted by molar-refractivity contribution is -0.113. The molecule has 1 aliphatic rings. The number of amides is 1. The van der Waals surface area contributed by atoms with Gasteiger partial charge in [0.15, 0.2) is 5.11 Å². The Balaban J connectivity index is 1.85. The number of carbonyl (C=O) groups excluding carboxylic acids is 1. The van der Waals surface area contributed by atoms with Crippen molar-refractivity contribution in [3.8, 4) is 11.5 Å². The quantitative estimate of drug-likeness (QED) is 0.639. The van der Waals surface area contributed by atoms with E-state index in [4.69, 9.17) is 17.0 Å². The topological polar surface area (TPSA) is 50.8 Å². The Kier molecular flexibility index (Phi) is 5.13. The molecule has 1 fully saturated rings. The van der Waals surface area contributed by atoms with Crippen LogP contribution in [0.4, 0.5) is 14.5 Å². The average Bonchev–Trinajstić information content (AvgIpc) is 2.89. The van der Waals surface area contributed by atoms with Crippen molar-refractivity contribution in [1.29, 1.82) is 0 Å². The van der Waals surface area contributed by atoms with Gasteiger partial charge in [0.1, 0.15) is 17.2 Å². The maximum atomic E-state index is 12.7. The maximum Gasteiger partial charge on any atom is 0.387 e. The maximum absolute atomic E-state index is 12.7. The predicted octanol–water partition coefficient (Wildman–Crippen LogP) is 3.56. The standard InChI is InChI=1S/C18H14F2N2O3S/c1-24-15-5-3-2-4-14(15)22-16(23)13(21-18(22)26)10-11-6-8-12(9-7-11)25-17(19)20/h2-10,17H,1H3,(H,21,26)/b13-10+. The lowest BCUT2D eigenvalue weighted by atomic mass is 10.2. The van der Waals surface area contributed by atoms with Gasteiger partial charge in [-0.3, -0.25) is 4.79 Å². The number of ether oxygens (including phenoxy) is 2. The Bertz CT molecular complexity index is 869. The molecule has 5 nitrogen and oxygen atoms in total. The number of hydrogen-bond acceptors (Lipinski definition) is 4. The number of alkyl halides is 2. The minimum Gasteiger partial charge on any atom is -0.495 e. The molecule has 0 saturated carbocycles. The molecule has 0 unspecified atom stereocenters. The molecule has 26 heavy (non-hydrogen) atoms. The monoisotopic (exact) mass is 376 g/mol. The molecular formula is C18H14F2N2O3S. The zero-order valence-corrected chi connectivity index (χ0v) is 14.4. The van der Waals surface area contributed by atoms with Crippen LogP contribution in [0.3, 0.4) is 0 Å². The van der Waals surface area contributed by atoms with E-state index in [2.05, 4.69) is 10.1 Å². The molecule has 2 aromatic rings. The second-order valence-corrected chi connectivity index (χ2v) is 5.63.